The average molecular weight is 577 g/mol. The molecule has 4 bridgehead atoms. The second-order valence-electron chi connectivity index (χ2n) is 14.0. The number of rotatable bonds is 7. The van der Waals surface area contributed by atoms with Gasteiger partial charge in [0.05, 0.1) is 7.11 Å². The molecule has 0 aromatic heterocycles. The van der Waals surface area contributed by atoms with Crippen LogP contribution in [0.1, 0.15) is 71.5 Å². The molecule has 5 aliphatic carbocycles. The number of carbonyl (C=O) groups excluding carboxylic acids is 1. The number of nitrogens with one attached hydrogen (secondary N) is 1. The summed E-state index contributed by atoms with van der Waals surface area (Å²) < 4.78 is 20.0. The van der Waals surface area contributed by atoms with E-state index in [1.165, 1.54) is 30.5 Å². The zero-order valence-electron chi connectivity index (χ0n) is 25.1. The molecule has 6 heteroatoms. The summed E-state index contributed by atoms with van der Waals surface area (Å²) in [5.74, 6) is 2.65. The lowest BCUT2D eigenvalue weighted by Gasteiger charge is -2.74. The van der Waals surface area contributed by atoms with Crippen molar-refractivity contribution in [3.05, 3.63) is 89.0 Å². The minimum atomic E-state index is -0.517. The summed E-state index contributed by atoms with van der Waals surface area (Å²) in [6.07, 6.45) is 7.91. The number of likely N-dealkylation sites (tertiary alicyclic amines) is 1. The summed E-state index contributed by atoms with van der Waals surface area (Å²) >= 11 is 0. The Morgan fingerprint density at radius 3 is 2.60 bits per heavy atom. The third-order valence-electron chi connectivity index (χ3n) is 12.5. The molecule has 7 aliphatic rings. The number of ether oxygens (including phenoxy) is 3. The van der Waals surface area contributed by atoms with E-state index in [1.807, 2.05) is 43.5 Å². The largest absolute Gasteiger partial charge is 0.493 e. The first-order valence-electron chi connectivity index (χ1n) is 16.2. The van der Waals surface area contributed by atoms with E-state index >= 15 is 0 Å². The van der Waals surface area contributed by atoms with Gasteiger partial charge < -0.3 is 19.5 Å². The van der Waals surface area contributed by atoms with Crippen LogP contribution in [-0.2, 0) is 16.6 Å². The molecule has 222 valence electrons. The monoisotopic (exact) mass is 576 g/mol. The molecule has 1 N–H and O–H groups in total. The molecule has 6 nitrogen and oxygen atoms in total. The van der Waals surface area contributed by atoms with Crippen LogP contribution in [0, 0.1) is 11.3 Å². The molecule has 43 heavy (non-hydrogen) atoms. The Morgan fingerprint density at radius 2 is 1.81 bits per heavy atom. The molecule has 5 fully saturated rings. The van der Waals surface area contributed by atoms with Crippen molar-refractivity contribution in [2.45, 2.75) is 74.0 Å². The molecule has 1 saturated heterocycles. The average Bonchev–Trinajstić information content (AvgIpc) is 3.79. The Balaban J connectivity index is 1.21. The second kappa shape index (κ2) is 9.09. The summed E-state index contributed by atoms with van der Waals surface area (Å²) in [5, 5.41) is 3.29. The summed E-state index contributed by atoms with van der Waals surface area (Å²) in [6, 6.07) is 22.8. The Bertz CT molecular complexity index is 1620. The van der Waals surface area contributed by atoms with Gasteiger partial charge in [0.1, 0.15) is 11.7 Å². The van der Waals surface area contributed by atoms with E-state index in [1.54, 1.807) is 7.11 Å². The maximum atomic E-state index is 13.4. The van der Waals surface area contributed by atoms with Crippen LogP contribution in [0.25, 0.3) is 0 Å². The molecule has 2 aliphatic heterocycles. The number of amides is 1. The van der Waals surface area contributed by atoms with Gasteiger partial charge >= 0.3 is 0 Å². The van der Waals surface area contributed by atoms with Gasteiger partial charge in [0.25, 0.3) is 5.91 Å². The van der Waals surface area contributed by atoms with Gasteiger partial charge in [-0.25, -0.2) is 0 Å². The van der Waals surface area contributed by atoms with Crippen LogP contribution in [0.5, 0.6) is 11.5 Å². The summed E-state index contributed by atoms with van der Waals surface area (Å²) in [7, 11) is 3.65. The van der Waals surface area contributed by atoms with Gasteiger partial charge in [-0.05, 0) is 92.8 Å². The van der Waals surface area contributed by atoms with Crippen LogP contribution in [0.4, 0.5) is 5.69 Å². The van der Waals surface area contributed by atoms with Crippen molar-refractivity contribution in [1.82, 2.24) is 4.90 Å². The quantitative estimate of drug-likeness (QED) is 0.356. The number of hydrogen-bond acceptors (Lipinski definition) is 5. The van der Waals surface area contributed by atoms with Crippen molar-refractivity contribution in [2.75, 3.05) is 32.6 Å². The standard InChI is InChI=1S/C37H40N2O4/c1-41-29-15-14-25-20-30-35-16-17-37(42-2,34-36(35,31(25)32(29)43-34)18-19-39(30)22-23-12-13-23)27(21-35)26-10-6-7-11-28(26)38-33(40)24-8-4-3-5-9-24/h3-11,14-15,23,27,30,34H,12-13,16-22H2,1-2H3,(H,38,40)/t27-,30-,34-,35-,36+,37-/m1/s1. The Labute approximate surface area is 253 Å². The molecular formula is C37H40N2O4. The van der Waals surface area contributed by atoms with E-state index < -0.39 is 5.60 Å². The summed E-state index contributed by atoms with van der Waals surface area (Å²) in [6.45, 7) is 2.34. The van der Waals surface area contributed by atoms with Gasteiger partial charge in [-0.15, -0.1) is 0 Å². The van der Waals surface area contributed by atoms with Gasteiger partial charge in [-0.1, -0.05) is 42.5 Å². The Hall–Kier alpha value is -3.35. The van der Waals surface area contributed by atoms with Crippen LogP contribution in [0.15, 0.2) is 66.7 Å². The second-order valence-corrected chi connectivity index (χ2v) is 14.0. The van der Waals surface area contributed by atoms with Crippen LogP contribution < -0.4 is 14.8 Å². The van der Waals surface area contributed by atoms with E-state index in [-0.39, 0.29) is 28.8 Å². The van der Waals surface area contributed by atoms with E-state index in [0.717, 1.165) is 67.3 Å². The number of para-hydroxylation sites is 1. The zero-order valence-corrected chi connectivity index (χ0v) is 25.1. The highest BCUT2D eigenvalue weighted by molar-refractivity contribution is 6.04. The molecule has 10 rings (SSSR count). The van der Waals surface area contributed by atoms with Crippen LogP contribution in [0.3, 0.4) is 0 Å². The van der Waals surface area contributed by atoms with E-state index in [4.69, 9.17) is 14.2 Å². The number of piperidine rings is 1. The fourth-order valence-corrected chi connectivity index (χ4v) is 10.6. The molecule has 0 unspecified atom stereocenters. The van der Waals surface area contributed by atoms with Crippen molar-refractivity contribution < 1.29 is 19.0 Å². The van der Waals surface area contributed by atoms with Crippen LogP contribution >= 0.6 is 0 Å². The van der Waals surface area contributed by atoms with Gasteiger partial charge in [0.15, 0.2) is 11.5 Å². The molecule has 6 atom stereocenters. The third kappa shape index (κ3) is 3.29. The number of fused-ring (bicyclic) bond motifs is 2. The molecular weight excluding hydrogens is 536 g/mol. The highest BCUT2D eigenvalue weighted by Crippen LogP contribution is 2.78. The van der Waals surface area contributed by atoms with Crippen LogP contribution in [-0.4, -0.2) is 55.9 Å². The molecule has 0 radical (unpaired) electrons. The number of methoxy groups -OCH3 is 2. The summed E-state index contributed by atoms with van der Waals surface area (Å²) in [5.41, 5.74) is 5.01. The number of anilines is 1. The lowest BCUT2D eigenvalue weighted by molar-refractivity contribution is -0.261. The minimum Gasteiger partial charge on any atom is -0.493 e. The first-order valence-corrected chi connectivity index (χ1v) is 16.2. The van der Waals surface area contributed by atoms with Crippen molar-refractivity contribution in [3.63, 3.8) is 0 Å². The van der Waals surface area contributed by atoms with E-state index in [2.05, 4.69) is 40.5 Å². The fraction of sp³-hybridized carbons (Fsp3) is 0.486. The SMILES string of the molecule is COc1ccc2c3c1O[C@H]1[C@@]4(OC)CC[C@@]5(C[C@@H]4c4ccccc4NC(=O)c4ccccc4)[C@@H](C2)N(CC2CC2)CC[C@]315. The molecule has 2 heterocycles. The number of hydrogen-bond donors (Lipinski definition) is 1. The number of carbonyl (C=O) groups is 1. The predicted molar refractivity (Wildman–Crippen MR) is 165 cm³/mol. The number of nitrogens with zero attached hydrogens (tertiary/aromatic N) is 1. The van der Waals surface area contributed by atoms with Crippen LogP contribution in [0.2, 0.25) is 0 Å². The van der Waals surface area contributed by atoms with Gasteiger partial charge in [0, 0.05) is 53.3 Å². The lowest BCUT2D eigenvalue weighted by Crippen LogP contribution is -2.80. The van der Waals surface area contributed by atoms with E-state index in [0.29, 0.717) is 11.6 Å². The predicted octanol–water partition coefficient (Wildman–Crippen LogP) is 6.34. The molecule has 3 aromatic rings. The lowest BCUT2D eigenvalue weighted by atomic mass is 9.34. The van der Waals surface area contributed by atoms with E-state index in [9.17, 15) is 4.79 Å². The fourth-order valence-electron chi connectivity index (χ4n) is 10.6. The summed E-state index contributed by atoms with van der Waals surface area (Å²) in [4.78, 5) is 16.3. The Kier molecular flexibility index (Phi) is 5.51. The first kappa shape index (κ1) is 26.1. The highest BCUT2D eigenvalue weighted by Gasteiger charge is 2.80. The maximum absolute atomic E-state index is 13.4. The van der Waals surface area contributed by atoms with Crippen molar-refractivity contribution in [3.8, 4) is 11.5 Å². The highest BCUT2D eigenvalue weighted by atomic mass is 16.6. The smallest absolute Gasteiger partial charge is 0.255 e. The maximum Gasteiger partial charge on any atom is 0.255 e. The van der Waals surface area contributed by atoms with Crippen molar-refractivity contribution in [1.29, 1.82) is 0 Å². The Morgan fingerprint density at radius 1 is 1.00 bits per heavy atom. The van der Waals surface area contributed by atoms with Crippen molar-refractivity contribution in [2.24, 2.45) is 11.3 Å². The number of benzene rings is 3. The normalized spacial score (nSPS) is 34.8. The van der Waals surface area contributed by atoms with Crippen molar-refractivity contribution >= 4 is 11.6 Å². The first-order chi connectivity index (χ1) is 21.0. The molecule has 3 aromatic carbocycles. The molecule has 1 amide bonds. The third-order valence-corrected chi connectivity index (χ3v) is 12.5. The molecule has 4 saturated carbocycles. The van der Waals surface area contributed by atoms with Gasteiger partial charge in [-0.2, -0.15) is 0 Å². The zero-order chi connectivity index (χ0) is 29.0. The van der Waals surface area contributed by atoms with Gasteiger partial charge in [0.2, 0.25) is 0 Å². The molecule has 2 spiro atoms. The topological polar surface area (TPSA) is 60.0 Å². The minimum absolute atomic E-state index is 0.0664. The van der Waals surface area contributed by atoms with Gasteiger partial charge in [-0.3, -0.25) is 9.69 Å².